The lowest BCUT2D eigenvalue weighted by Gasteiger charge is -2.33. The number of morpholine rings is 1. The highest BCUT2D eigenvalue weighted by Gasteiger charge is 2.29. The average Bonchev–Trinajstić information content (AvgIpc) is 2.69. The second kappa shape index (κ2) is 9.38. The Bertz CT molecular complexity index is 816. The number of hydrogen-bond donors (Lipinski definition) is 1. The molecule has 0 aliphatic carbocycles. The van der Waals surface area contributed by atoms with Gasteiger partial charge in [0.25, 0.3) is 5.69 Å². The largest absolute Gasteiger partial charge is 0.379 e. The number of benzene rings is 1. The van der Waals surface area contributed by atoms with Crippen molar-refractivity contribution in [3.63, 3.8) is 0 Å². The number of nitro groups is 1. The van der Waals surface area contributed by atoms with Gasteiger partial charge in [-0.25, -0.2) is 8.42 Å². The Hall–Kier alpha value is -1.75. The molecule has 2 saturated heterocycles. The number of anilines is 1. The van der Waals surface area contributed by atoms with Gasteiger partial charge in [-0.1, -0.05) is 13.8 Å². The maximum absolute atomic E-state index is 12.8. The second-order valence-corrected chi connectivity index (χ2v) is 10.0. The summed E-state index contributed by atoms with van der Waals surface area (Å²) in [4.78, 5) is 13.5. The number of hydrogen-bond acceptors (Lipinski definition) is 7. The van der Waals surface area contributed by atoms with Gasteiger partial charge in [0.05, 0.1) is 23.0 Å². The zero-order valence-corrected chi connectivity index (χ0v) is 17.9. The van der Waals surface area contributed by atoms with Gasteiger partial charge in [0.2, 0.25) is 10.0 Å². The lowest BCUT2D eigenvalue weighted by atomic mass is 10.0. The van der Waals surface area contributed by atoms with E-state index in [2.05, 4.69) is 24.1 Å². The Morgan fingerprint density at radius 2 is 1.86 bits per heavy atom. The first-order valence-corrected chi connectivity index (χ1v) is 11.6. The van der Waals surface area contributed by atoms with Crippen LogP contribution < -0.4 is 5.32 Å². The van der Waals surface area contributed by atoms with Crippen LogP contribution in [-0.2, 0) is 14.8 Å². The number of nitrogens with one attached hydrogen (secondary N) is 1. The Morgan fingerprint density at radius 1 is 1.21 bits per heavy atom. The van der Waals surface area contributed by atoms with E-state index in [-0.39, 0.29) is 29.7 Å². The molecule has 2 heterocycles. The van der Waals surface area contributed by atoms with Gasteiger partial charge in [0, 0.05) is 44.8 Å². The summed E-state index contributed by atoms with van der Waals surface area (Å²) in [5, 5.41) is 14.9. The molecule has 2 fully saturated rings. The summed E-state index contributed by atoms with van der Waals surface area (Å²) < 4.78 is 32.1. The summed E-state index contributed by atoms with van der Waals surface area (Å²) in [5.41, 5.74) is 0.169. The predicted molar refractivity (Wildman–Crippen MR) is 111 cm³/mol. The van der Waals surface area contributed by atoms with Gasteiger partial charge in [-0.05, 0) is 30.9 Å². The predicted octanol–water partition coefficient (Wildman–Crippen LogP) is 2.15. The van der Waals surface area contributed by atoms with Crippen molar-refractivity contribution in [1.29, 1.82) is 0 Å². The summed E-state index contributed by atoms with van der Waals surface area (Å²) in [6, 6.07) is 4.28. The second-order valence-electron chi connectivity index (χ2n) is 8.07. The molecule has 9 nitrogen and oxygen atoms in total. The number of sulfonamides is 1. The van der Waals surface area contributed by atoms with E-state index in [1.165, 1.54) is 22.5 Å². The number of nitrogens with zero attached hydrogens (tertiary/aromatic N) is 3. The molecule has 0 saturated carbocycles. The Balaban J connectivity index is 1.73. The maximum Gasteiger partial charge on any atom is 0.293 e. The van der Waals surface area contributed by atoms with Crippen LogP contribution in [0, 0.1) is 16.0 Å². The molecule has 0 amide bonds. The smallest absolute Gasteiger partial charge is 0.293 e. The fraction of sp³-hybridized carbons (Fsp3) is 0.684. The van der Waals surface area contributed by atoms with Crippen LogP contribution in [-0.4, -0.2) is 74.5 Å². The van der Waals surface area contributed by atoms with Crippen molar-refractivity contribution in [3.05, 3.63) is 28.3 Å². The lowest BCUT2D eigenvalue weighted by molar-refractivity contribution is -0.384. The SMILES string of the molecule is CC(C)CN1CCC(Nc2ccc(S(=O)(=O)N3CCOCC3)cc2[N+](=O)[O-])CC1. The average molecular weight is 427 g/mol. The molecule has 0 atom stereocenters. The van der Waals surface area contributed by atoms with Crippen molar-refractivity contribution in [1.82, 2.24) is 9.21 Å². The molecule has 3 rings (SSSR count). The fourth-order valence-corrected chi connectivity index (χ4v) is 5.31. The molecule has 10 heteroatoms. The van der Waals surface area contributed by atoms with Gasteiger partial charge in [0.1, 0.15) is 5.69 Å². The van der Waals surface area contributed by atoms with Crippen molar-refractivity contribution >= 4 is 21.4 Å². The molecule has 0 unspecified atom stereocenters. The molecule has 0 spiro atoms. The van der Waals surface area contributed by atoms with E-state index in [0.29, 0.717) is 24.8 Å². The molecule has 2 aliphatic heterocycles. The third kappa shape index (κ3) is 5.44. The van der Waals surface area contributed by atoms with Crippen LogP contribution >= 0.6 is 0 Å². The van der Waals surface area contributed by atoms with E-state index in [9.17, 15) is 18.5 Å². The third-order valence-electron chi connectivity index (χ3n) is 5.34. The van der Waals surface area contributed by atoms with E-state index in [1.54, 1.807) is 0 Å². The number of rotatable bonds is 7. The highest BCUT2D eigenvalue weighted by atomic mass is 32.2. The van der Waals surface area contributed by atoms with E-state index in [1.807, 2.05) is 0 Å². The quantitative estimate of drug-likeness (QED) is 0.526. The van der Waals surface area contributed by atoms with Crippen LogP contribution in [0.1, 0.15) is 26.7 Å². The Morgan fingerprint density at radius 3 is 2.45 bits per heavy atom. The van der Waals surface area contributed by atoms with Crippen molar-refractivity contribution in [2.24, 2.45) is 5.92 Å². The first-order valence-electron chi connectivity index (χ1n) is 10.1. The molecule has 0 bridgehead atoms. The van der Waals surface area contributed by atoms with E-state index in [0.717, 1.165) is 32.5 Å². The standard InChI is InChI=1S/C19H30N4O5S/c1-15(2)14-21-7-5-16(6-8-21)20-18-4-3-17(13-19(18)23(24)25)29(26,27)22-9-11-28-12-10-22/h3-4,13,15-16,20H,5-12,14H2,1-2H3. The minimum absolute atomic E-state index is 0.0524. The summed E-state index contributed by atoms with van der Waals surface area (Å²) >= 11 is 0. The maximum atomic E-state index is 12.8. The van der Waals surface area contributed by atoms with Crippen LogP contribution in [0.5, 0.6) is 0 Å². The molecule has 1 aromatic carbocycles. The van der Waals surface area contributed by atoms with Crippen LogP contribution in [0.15, 0.2) is 23.1 Å². The number of nitro benzene ring substituents is 1. The summed E-state index contributed by atoms with van der Waals surface area (Å²) in [6.07, 6.45) is 1.80. The van der Waals surface area contributed by atoms with Gasteiger partial charge >= 0.3 is 0 Å². The van der Waals surface area contributed by atoms with E-state index in [4.69, 9.17) is 4.74 Å². The minimum atomic E-state index is -3.77. The summed E-state index contributed by atoms with van der Waals surface area (Å²) in [5.74, 6) is 0.613. The Kier molecular flexibility index (Phi) is 7.10. The molecule has 1 N–H and O–H groups in total. The van der Waals surface area contributed by atoms with Gasteiger partial charge in [-0.15, -0.1) is 0 Å². The lowest BCUT2D eigenvalue weighted by Crippen LogP contribution is -2.41. The van der Waals surface area contributed by atoms with Gasteiger partial charge in [-0.2, -0.15) is 4.31 Å². The van der Waals surface area contributed by atoms with E-state index >= 15 is 0 Å². The van der Waals surface area contributed by atoms with Crippen LogP contribution in [0.4, 0.5) is 11.4 Å². The van der Waals surface area contributed by atoms with Gasteiger partial charge in [-0.3, -0.25) is 10.1 Å². The zero-order valence-electron chi connectivity index (χ0n) is 17.0. The zero-order chi connectivity index (χ0) is 21.0. The highest BCUT2D eigenvalue weighted by molar-refractivity contribution is 7.89. The number of piperidine rings is 1. The van der Waals surface area contributed by atoms with Gasteiger partial charge < -0.3 is 15.0 Å². The number of ether oxygens (including phenoxy) is 1. The first-order chi connectivity index (χ1) is 13.8. The monoisotopic (exact) mass is 426 g/mol. The normalized spacial score (nSPS) is 20.1. The molecular formula is C19H30N4O5S. The first kappa shape index (κ1) is 21.9. The molecule has 2 aliphatic rings. The third-order valence-corrected chi connectivity index (χ3v) is 7.24. The molecular weight excluding hydrogens is 396 g/mol. The highest BCUT2D eigenvalue weighted by Crippen LogP contribution is 2.31. The minimum Gasteiger partial charge on any atom is -0.379 e. The van der Waals surface area contributed by atoms with Crippen molar-refractivity contribution in [3.8, 4) is 0 Å². The van der Waals surface area contributed by atoms with Crippen molar-refractivity contribution in [2.45, 2.75) is 37.6 Å². The molecule has 0 aromatic heterocycles. The summed E-state index contributed by atoms with van der Waals surface area (Å²) in [6.45, 7) is 8.52. The van der Waals surface area contributed by atoms with Crippen LogP contribution in [0.25, 0.3) is 0 Å². The van der Waals surface area contributed by atoms with Gasteiger partial charge in [0.15, 0.2) is 0 Å². The molecule has 29 heavy (non-hydrogen) atoms. The van der Waals surface area contributed by atoms with Crippen LogP contribution in [0.2, 0.25) is 0 Å². The van der Waals surface area contributed by atoms with Crippen molar-refractivity contribution < 1.29 is 18.1 Å². The molecule has 162 valence electrons. The van der Waals surface area contributed by atoms with Crippen molar-refractivity contribution in [2.75, 3.05) is 51.3 Å². The molecule has 0 radical (unpaired) electrons. The fourth-order valence-electron chi connectivity index (χ4n) is 3.88. The number of likely N-dealkylation sites (tertiary alicyclic amines) is 1. The molecule has 1 aromatic rings. The topological polar surface area (TPSA) is 105 Å². The van der Waals surface area contributed by atoms with Crippen LogP contribution in [0.3, 0.4) is 0 Å². The Labute approximate surface area is 172 Å². The summed E-state index contributed by atoms with van der Waals surface area (Å²) in [7, 11) is -3.77. The van der Waals surface area contributed by atoms with E-state index < -0.39 is 14.9 Å².